The van der Waals surface area contributed by atoms with Crippen molar-refractivity contribution in [1.82, 2.24) is 10.2 Å². The van der Waals surface area contributed by atoms with Crippen molar-refractivity contribution >= 4 is 34.7 Å². The summed E-state index contributed by atoms with van der Waals surface area (Å²) in [4.78, 5) is 39.8. The van der Waals surface area contributed by atoms with Gasteiger partial charge in [-0.15, -0.1) is 0 Å². The van der Waals surface area contributed by atoms with Crippen LogP contribution in [0.4, 0.5) is 4.79 Å². The number of carbonyl (C=O) groups excluding carboxylic acids is 3. The van der Waals surface area contributed by atoms with E-state index in [1.807, 2.05) is 44.2 Å². The first kappa shape index (κ1) is 21.9. The van der Waals surface area contributed by atoms with Crippen LogP contribution in [0, 0.1) is 0 Å². The van der Waals surface area contributed by atoms with Gasteiger partial charge in [-0.25, -0.2) is 4.79 Å². The molecule has 0 unspecified atom stereocenters. The lowest BCUT2D eigenvalue weighted by Gasteiger charge is -2.35. The molecule has 1 saturated heterocycles. The minimum absolute atomic E-state index is 0.0644. The second kappa shape index (κ2) is 9.42. The molecule has 0 spiro atoms. The molecule has 7 heteroatoms. The number of nitrogens with zero attached hydrogens (tertiary/aromatic N) is 1. The molecule has 7 nitrogen and oxygen atoms in total. The zero-order valence-electron chi connectivity index (χ0n) is 18.5. The second-order valence-corrected chi connectivity index (χ2v) is 8.01. The van der Waals surface area contributed by atoms with Crippen molar-refractivity contribution in [3.05, 3.63) is 41.5 Å². The fourth-order valence-corrected chi connectivity index (χ4v) is 4.47. The van der Waals surface area contributed by atoms with Crippen LogP contribution in [-0.2, 0) is 9.59 Å². The van der Waals surface area contributed by atoms with Gasteiger partial charge in [0.2, 0.25) is 0 Å². The maximum absolute atomic E-state index is 13.3. The Morgan fingerprint density at radius 3 is 2.44 bits per heavy atom. The molecule has 2 aromatic carbocycles. The van der Waals surface area contributed by atoms with Crippen LogP contribution in [-0.4, -0.2) is 42.0 Å². The van der Waals surface area contributed by atoms with E-state index in [1.54, 1.807) is 6.08 Å². The summed E-state index contributed by atoms with van der Waals surface area (Å²) in [5.74, 6) is 0.00753. The Labute approximate surface area is 187 Å². The fraction of sp³-hybridized carbons (Fsp3) is 0.400. The first-order valence-electron chi connectivity index (χ1n) is 11.3. The summed E-state index contributed by atoms with van der Waals surface area (Å²) < 4.78 is 11.5. The Hall–Kier alpha value is -3.35. The largest absolute Gasteiger partial charge is 0.494 e. The number of fused-ring (bicyclic) bond motifs is 1. The second-order valence-electron chi connectivity index (χ2n) is 8.01. The number of imide groups is 2. The Morgan fingerprint density at radius 2 is 1.72 bits per heavy atom. The monoisotopic (exact) mass is 436 g/mol. The van der Waals surface area contributed by atoms with Crippen molar-refractivity contribution in [3.63, 3.8) is 0 Å². The van der Waals surface area contributed by atoms with Crippen LogP contribution in [0.1, 0.15) is 51.5 Å². The molecule has 2 fully saturated rings. The Morgan fingerprint density at radius 1 is 1.00 bits per heavy atom. The van der Waals surface area contributed by atoms with Crippen LogP contribution in [0.3, 0.4) is 0 Å². The molecular weight excluding hydrogens is 408 g/mol. The van der Waals surface area contributed by atoms with Crippen molar-refractivity contribution in [2.24, 2.45) is 0 Å². The summed E-state index contributed by atoms with van der Waals surface area (Å²) in [5, 5.41) is 4.08. The van der Waals surface area contributed by atoms with Gasteiger partial charge in [0, 0.05) is 11.6 Å². The molecule has 4 rings (SSSR count). The first-order valence-corrected chi connectivity index (χ1v) is 11.3. The van der Waals surface area contributed by atoms with Gasteiger partial charge < -0.3 is 9.47 Å². The average molecular weight is 437 g/mol. The number of amides is 4. The topological polar surface area (TPSA) is 84.9 Å². The van der Waals surface area contributed by atoms with Gasteiger partial charge in [0.25, 0.3) is 11.8 Å². The molecule has 2 aliphatic rings. The molecule has 0 aromatic heterocycles. The van der Waals surface area contributed by atoms with Crippen molar-refractivity contribution in [2.45, 2.75) is 52.0 Å². The van der Waals surface area contributed by atoms with Gasteiger partial charge in [-0.2, -0.15) is 0 Å². The fourth-order valence-electron chi connectivity index (χ4n) is 4.47. The highest BCUT2D eigenvalue weighted by molar-refractivity contribution is 6.31. The summed E-state index contributed by atoms with van der Waals surface area (Å²) in [6, 6.07) is 8.63. The zero-order valence-corrected chi connectivity index (χ0v) is 18.5. The highest BCUT2D eigenvalue weighted by Gasteiger charge is 2.40. The average Bonchev–Trinajstić information content (AvgIpc) is 2.78. The van der Waals surface area contributed by atoms with Crippen molar-refractivity contribution in [3.8, 4) is 11.5 Å². The number of benzene rings is 2. The molecule has 168 valence electrons. The van der Waals surface area contributed by atoms with E-state index in [-0.39, 0.29) is 11.6 Å². The number of barbiturate groups is 1. The van der Waals surface area contributed by atoms with Crippen LogP contribution >= 0.6 is 0 Å². The minimum Gasteiger partial charge on any atom is -0.494 e. The van der Waals surface area contributed by atoms with E-state index in [0.29, 0.717) is 30.3 Å². The molecule has 0 atom stereocenters. The van der Waals surface area contributed by atoms with Gasteiger partial charge in [-0.05, 0) is 61.7 Å². The number of hydrogen-bond acceptors (Lipinski definition) is 5. The maximum atomic E-state index is 13.3. The van der Waals surface area contributed by atoms with E-state index < -0.39 is 17.8 Å². The minimum atomic E-state index is -0.688. The predicted octanol–water partition coefficient (Wildman–Crippen LogP) is 4.43. The van der Waals surface area contributed by atoms with Gasteiger partial charge in [-0.1, -0.05) is 31.4 Å². The lowest BCUT2D eigenvalue weighted by Crippen LogP contribution is -2.58. The summed E-state index contributed by atoms with van der Waals surface area (Å²) in [7, 11) is 0. The van der Waals surface area contributed by atoms with Crippen LogP contribution in [0.25, 0.3) is 16.8 Å². The van der Waals surface area contributed by atoms with Gasteiger partial charge in [0.1, 0.15) is 17.1 Å². The predicted molar refractivity (Wildman–Crippen MR) is 122 cm³/mol. The molecule has 1 aliphatic carbocycles. The number of carbonyl (C=O) groups is 3. The van der Waals surface area contributed by atoms with Crippen LogP contribution in [0.5, 0.6) is 11.5 Å². The lowest BCUT2D eigenvalue weighted by atomic mass is 9.93. The normalized spacial score (nSPS) is 18.9. The van der Waals surface area contributed by atoms with Gasteiger partial charge in [0.15, 0.2) is 0 Å². The number of urea groups is 1. The lowest BCUT2D eigenvalue weighted by molar-refractivity contribution is -0.132. The summed E-state index contributed by atoms with van der Waals surface area (Å²) in [5.41, 5.74) is 0.549. The number of hydrogen-bond donors (Lipinski definition) is 1. The van der Waals surface area contributed by atoms with Crippen molar-refractivity contribution < 1.29 is 23.9 Å². The van der Waals surface area contributed by atoms with Gasteiger partial charge in [0.05, 0.1) is 13.2 Å². The third-order valence-corrected chi connectivity index (χ3v) is 5.97. The maximum Gasteiger partial charge on any atom is 0.331 e. The first-order chi connectivity index (χ1) is 15.5. The number of rotatable bonds is 6. The quantitative estimate of drug-likeness (QED) is 0.535. The molecule has 1 N–H and O–H groups in total. The highest BCUT2D eigenvalue weighted by Crippen LogP contribution is 2.34. The molecule has 1 heterocycles. The van der Waals surface area contributed by atoms with Crippen LogP contribution in [0.15, 0.2) is 35.9 Å². The van der Waals surface area contributed by atoms with E-state index >= 15 is 0 Å². The summed E-state index contributed by atoms with van der Waals surface area (Å²) in [6.07, 6.45) is 6.09. The molecule has 0 radical (unpaired) electrons. The van der Waals surface area contributed by atoms with E-state index in [9.17, 15) is 14.4 Å². The van der Waals surface area contributed by atoms with Crippen molar-refractivity contribution in [1.29, 1.82) is 0 Å². The van der Waals surface area contributed by atoms with E-state index in [4.69, 9.17) is 9.47 Å². The summed E-state index contributed by atoms with van der Waals surface area (Å²) in [6.45, 7) is 4.73. The SMILES string of the molecule is CCOc1ccc2ccc(OCC)c(C=C3C(=O)NC(=O)N(C4CCCCC4)C3=O)c2c1. The molecular formula is C25H28N2O5. The number of nitrogens with one attached hydrogen (secondary N) is 1. The Bertz CT molecular complexity index is 1080. The molecule has 32 heavy (non-hydrogen) atoms. The smallest absolute Gasteiger partial charge is 0.331 e. The van der Waals surface area contributed by atoms with Crippen LogP contribution in [0.2, 0.25) is 0 Å². The molecule has 4 amide bonds. The summed E-state index contributed by atoms with van der Waals surface area (Å²) >= 11 is 0. The Balaban J connectivity index is 1.82. The van der Waals surface area contributed by atoms with Gasteiger partial charge in [-0.3, -0.25) is 19.8 Å². The van der Waals surface area contributed by atoms with Crippen molar-refractivity contribution in [2.75, 3.05) is 13.2 Å². The van der Waals surface area contributed by atoms with Crippen LogP contribution < -0.4 is 14.8 Å². The van der Waals surface area contributed by atoms with E-state index in [2.05, 4.69) is 5.32 Å². The highest BCUT2D eigenvalue weighted by atomic mass is 16.5. The molecule has 1 saturated carbocycles. The standard InChI is InChI=1S/C25H28N2O5/c1-3-31-18-12-10-16-11-13-22(32-4-2)20(19(16)14-18)15-21-23(28)26-25(30)27(24(21)29)17-8-6-5-7-9-17/h10-15,17H,3-9H2,1-2H3,(H,26,28,30). The number of ether oxygens (including phenoxy) is 2. The Kier molecular flexibility index (Phi) is 6.44. The third-order valence-electron chi connectivity index (χ3n) is 5.97. The zero-order chi connectivity index (χ0) is 22.7. The molecule has 2 aromatic rings. The molecule has 1 aliphatic heterocycles. The molecule has 0 bridgehead atoms. The van der Waals surface area contributed by atoms with E-state index in [0.717, 1.165) is 42.9 Å². The van der Waals surface area contributed by atoms with Gasteiger partial charge >= 0.3 is 6.03 Å². The van der Waals surface area contributed by atoms with E-state index in [1.165, 1.54) is 4.90 Å². The third kappa shape index (κ3) is 4.20.